The first-order valence-corrected chi connectivity index (χ1v) is 3.73. The molecule has 1 aliphatic rings. The van der Waals surface area contributed by atoms with Gasteiger partial charge in [0, 0.05) is 12.6 Å². The van der Waals surface area contributed by atoms with Gasteiger partial charge in [-0.2, -0.15) is 0 Å². The number of aliphatic imine (C=N–C) groups is 1. The van der Waals surface area contributed by atoms with Crippen LogP contribution in [0.5, 0.6) is 0 Å². The number of nitrogens with zero attached hydrogens (tertiary/aromatic N) is 3. The molecule has 0 fully saturated rings. The summed E-state index contributed by atoms with van der Waals surface area (Å²) in [4.78, 5) is 22.0. The van der Waals surface area contributed by atoms with Gasteiger partial charge in [0.05, 0.1) is 12.8 Å². The Kier molecular flexibility index (Phi) is 1.64. The van der Waals surface area contributed by atoms with E-state index < -0.39 is 0 Å². The minimum absolute atomic E-state index is 0.0450. The Morgan fingerprint density at radius 1 is 1.54 bits per heavy atom. The fourth-order valence-corrected chi connectivity index (χ4v) is 1.16. The van der Waals surface area contributed by atoms with Gasteiger partial charge in [-0.3, -0.25) is 4.79 Å². The number of ketones is 1. The predicted molar refractivity (Wildman–Crippen MR) is 47.4 cm³/mol. The molecule has 0 atom stereocenters. The second kappa shape index (κ2) is 2.79. The van der Waals surface area contributed by atoms with E-state index in [4.69, 9.17) is 6.57 Å². The summed E-state index contributed by atoms with van der Waals surface area (Å²) in [6.45, 7) is 6.77. The second-order valence-corrected chi connectivity index (χ2v) is 2.69. The van der Waals surface area contributed by atoms with E-state index in [-0.39, 0.29) is 5.78 Å². The molecule has 0 aliphatic carbocycles. The maximum Gasteiger partial charge on any atom is 0.205 e. The normalized spacial score (nSPS) is 13.6. The zero-order valence-corrected chi connectivity index (χ0v) is 6.69. The number of pyridine rings is 1. The number of aromatic nitrogens is 1. The van der Waals surface area contributed by atoms with Crippen LogP contribution in [-0.4, -0.2) is 17.0 Å². The molecule has 0 radical (unpaired) electrons. The molecule has 0 unspecified atom stereocenters. The molecule has 4 nitrogen and oxygen atoms in total. The van der Waals surface area contributed by atoms with E-state index in [2.05, 4.69) is 14.8 Å². The maximum absolute atomic E-state index is 11.0. The van der Waals surface area contributed by atoms with Crippen LogP contribution in [0.1, 0.15) is 5.56 Å². The molecular weight excluding hydrogens is 166 g/mol. The number of carbonyl (C=O) groups excluding carboxylic acids is 1. The van der Waals surface area contributed by atoms with Crippen molar-refractivity contribution in [2.75, 3.05) is 0 Å². The summed E-state index contributed by atoms with van der Waals surface area (Å²) >= 11 is 0. The topological polar surface area (TPSA) is 46.7 Å². The van der Waals surface area contributed by atoms with Crippen LogP contribution in [-0.2, 0) is 11.2 Å². The summed E-state index contributed by atoms with van der Waals surface area (Å²) in [5, 5.41) is 0. The summed E-state index contributed by atoms with van der Waals surface area (Å²) < 4.78 is 0. The van der Waals surface area contributed by atoms with Crippen LogP contribution < -0.4 is 0 Å². The Bertz CT molecular complexity index is 443. The fraction of sp³-hybridized carbons (Fsp3) is 0.111. The molecular formula is C9H5N3O. The van der Waals surface area contributed by atoms with Gasteiger partial charge in [-0.05, 0) is 11.6 Å². The first kappa shape index (κ1) is 7.62. The van der Waals surface area contributed by atoms with E-state index in [1.165, 1.54) is 12.4 Å². The van der Waals surface area contributed by atoms with E-state index in [1.54, 1.807) is 6.07 Å². The summed E-state index contributed by atoms with van der Waals surface area (Å²) in [5.41, 5.74) is 1.18. The minimum atomic E-state index is -0.0450. The first-order chi connectivity index (χ1) is 6.29. The lowest BCUT2D eigenvalue weighted by Crippen LogP contribution is -2.08. The smallest absolute Gasteiger partial charge is 0.205 e. The van der Waals surface area contributed by atoms with Crippen molar-refractivity contribution in [2.45, 2.75) is 6.42 Å². The van der Waals surface area contributed by atoms with E-state index in [0.717, 1.165) is 5.56 Å². The van der Waals surface area contributed by atoms with Crippen LogP contribution in [0.3, 0.4) is 0 Å². The van der Waals surface area contributed by atoms with Gasteiger partial charge in [0.25, 0.3) is 0 Å². The van der Waals surface area contributed by atoms with Crippen molar-refractivity contribution in [1.29, 1.82) is 0 Å². The van der Waals surface area contributed by atoms with Crippen LogP contribution >= 0.6 is 0 Å². The molecule has 2 rings (SSSR count). The zero-order valence-electron chi connectivity index (χ0n) is 6.69. The van der Waals surface area contributed by atoms with Gasteiger partial charge in [0.2, 0.25) is 5.69 Å². The molecule has 1 aromatic heterocycles. The van der Waals surface area contributed by atoms with Gasteiger partial charge < -0.3 is 0 Å². The largest absolute Gasteiger partial charge is 0.293 e. The van der Waals surface area contributed by atoms with Crippen LogP contribution in [0.15, 0.2) is 17.3 Å². The number of Topliss-reactive ketones (excluding diaryl/α,β-unsaturated/α-hetero) is 1. The zero-order chi connectivity index (χ0) is 9.26. The molecule has 0 bridgehead atoms. The van der Waals surface area contributed by atoms with Crippen LogP contribution in [0, 0.1) is 6.57 Å². The monoisotopic (exact) mass is 171 g/mol. The van der Waals surface area contributed by atoms with Gasteiger partial charge in [-0.15, -0.1) is 0 Å². The lowest BCUT2D eigenvalue weighted by molar-refractivity contribution is -0.112. The Labute approximate surface area is 74.8 Å². The third-order valence-corrected chi connectivity index (χ3v) is 1.75. The minimum Gasteiger partial charge on any atom is -0.293 e. The fourth-order valence-electron chi connectivity index (χ4n) is 1.16. The molecule has 0 N–H and O–H groups in total. The molecule has 0 saturated heterocycles. The second-order valence-electron chi connectivity index (χ2n) is 2.69. The average Bonchev–Trinajstić information content (AvgIpc) is 2.16. The summed E-state index contributed by atoms with van der Waals surface area (Å²) in [6, 6.07) is 1.66. The Balaban J connectivity index is 2.54. The molecule has 2 heterocycles. The van der Waals surface area contributed by atoms with Crippen molar-refractivity contribution in [1.82, 2.24) is 4.98 Å². The van der Waals surface area contributed by atoms with Gasteiger partial charge >= 0.3 is 0 Å². The molecule has 0 spiro atoms. The van der Waals surface area contributed by atoms with Crippen molar-refractivity contribution in [2.24, 2.45) is 4.99 Å². The molecule has 4 heteroatoms. The number of fused-ring (bicyclic) bond motifs is 1. The highest BCUT2D eigenvalue weighted by atomic mass is 16.1. The van der Waals surface area contributed by atoms with Crippen molar-refractivity contribution >= 4 is 23.5 Å². The number of rotatable bonds is 0. The van der Waals surface area contributed by atoms with Gasteiger partial charge in [-0.25, -0.2) is 14.8 Å². The molecule has 1 aliphatic heterocycles. The average molecular weight is 171 g/mol. The summed E-state index contributed by atoms with van der Waals surface area (Å²) in [7, 11) is 0. The highest BCUT2D eigenvalue weighted by Crippen LogP contribution is 2.24. The highest BCUT2D eigenvalue weighted by molar-refractivity contribution is 6.29. The van der Waals surface area contributed by atoms with Gasteiger partial charge in [-0.1, -0.05) is 0 Å². The molecule has 0 amide bonds. The molecule has 62 valence electrons. The lowest BCUT2D eigenvalue weighted by Gasteiger charge is -2.06. The van der Waals surface area contributed by atoms with E-state index in [0.29, 0.717) is 17.9 Å². The third kappa shape index (κ3) is 1.32. The Morgan fingerprint density at radius 3 is 3.15 bits per heavy atom. The molecule has 1 aromatic rings. The van der Waals surface area contributed by atoms with Crippen LogP contribution in [0.25, 0.3) is 4.85 Å². The van der Waals surface area contributed by atoms with E-state index >= 15 is 0 Å². The van der Waals surface area contributed by atoms with Crippen LogP contribution in [0.2, 0.25) is 0 Å². The Hall–Kier alpha value is -2.02. The van der Waals surface area contributed by atoms with E-state index in [9.17, 15) is 4.79 Å². The number of hydrogen-bond acceptors (Lipinski definition) is 3. The first-order valence-electron chi connectivity index (χ1n) is 3.73. The van der Waals surface area contributed by atoms with Crippen molar-refractivity contribution in [3.63, 3.8) is 0 Å². The SMILES string of the molecule is [C-]#[N+]c1cnc2c(c1)CC(=O)C=N2. The number of carbonyl (C=O) groups is 1. The quantitative estimate of drug-likeness (QED) is 0.555. The summed E-state index contributed by atoms with van der Waals surface area (Å²) in [6.07, 6.45) is 3.03. The van der Waals surface area contributed by atoms with Crippen molar-refractivity contribution < 1.29 is 4.79 Å². The highest BCUT2D eigenvalue weighted by Gasteiger charge is 2.12. The lowest BCUT2D eigenvalue weighted by atomic mass is 10.1. The molecule has 0 saturated carbocycles. The predicted octanol–water partition coefficient (Wildman–Crippen LogP) is 1.46. The van der Waals surface area contributed by atoms with Crippen molar-refractivity contribution in [3.05, 3.63) is 29.2 Å². The molecule has 13 heavy (non-hydrogen) atoms. The summed E-state index contributed by atoms with van der Waals surface area (Å²) in [5.74, 6) is 0.503. The maximum atomic E-state index is 11.0. The number of hydrogen-bond donors (Lipinski definition) is 0. The third-order valence-electron chi connectivity index (χ3n) is 1.75. The molecule has 0 aromatic carbocycles. The van der Waals surface area contributed by atoms with Crippen molar-refractivity contribution in [3.8, 4) is 0 Å². The van der Waals surface area contributed by atoms with Gasteiger partial charge in [0.1, 0.15) is 0 Å². The van der Waals surface area contributed by atoms with E-state index in [1.807, 2.05) is 0 Å². The standard InChI is InChI=1S/C9H5N3O/c1-10-7-2-6-3-8(13)5-12-9(6)11-4-7/h2,4-5H,3H2. The Morgan fingerprint density at radius 2 is 2.38 bits per heavy atom. The van der Waals surface area contributed by atoms with Gasteiger partial charge in [0.15, 0.2) is 11.6 Å². The van der Waals surface area contributed by atoms with Crippen LogP contribution in [0.4, 0.5) is 11.5 Å².